The summed E-state index contributed by atoms with van der Waals surface area (Å²) in [6.45, 7) is 4.88. The molecule has 1 aromatic carbocycles. The molecule has 1 fully saturated rings. The van der Waals surface area contributed by atoms with Crippen molar-refractivity contribution in [1.29, 1.82) is 0 Å². The predicted molar refractivity (Wildman–Crippen MR) is 131 cm³/mol. The number of benzene rings is 1. The third kappa shape index (κ3) is 4.47. The van der Waals surface area contributed by atoms with E-state index in [2.05, 4.69) is 19.2 Å². The lowest BCUT2D eigenvalue weighted by atomic mass is 10.1. The van der Waals surface area contributed by atoms with Crippen LogP contribution in [0.25, 0.3) is 32.0 Å². The summed E-state index contributed by atoms with van der Waals surface area (Å²) in [5, 5.41) is 0. The standard InChI is InChI=1S/C22H21N7O3S2/c1-13-17-19(33-18(13)15-4-2-3-14(9-15)10-26-34(30)31)21(29-5-7-32-8-6-29)28-20(27-17)16-11-24-22(23)25-12-16/h2-4,9,11-12H,5-8,10H2,1H3,(H2,23,24,25). The van der Waals surface area contributed by atoms with E-state index < -0.39 is 10.5 Å². The normalized spacial score (nSPS) is 13.9. The molecule has 4 aromatic rings. The minimum absolute atomic E-state index is 0.105. The minimum atomic E-state index is -2.44. The van der Waals surface area contributed by atoms with E-state index in [1.165, 1.54) is 0 Å². The fourth-order valence-corrected chi connectivity index (χ4v) is 5.37. The van der Waals surface area contributed by atoms with Crippen molar-refractivity contribution in [1.82, 2.24) is 19.9 Å². The van der Waals surface area contributed by atoms with Crippen LogP contribution in [0, 0.1) is 6.92 Å². The number of aryl methyl sites for hydroxylation is 1. The Hall–Kier alpha value is -3.48. The zero-order valence-corrected chi connectivity index (χ0v) is 19.9. The molecular formula is C22H21N7O3S2. The van der Waals surface area contributed by atoms with Crippen LogP contribution >= 0.6 is 11.3 Å². The lowest BCUT2D eigenvalue weighted by Crippen LogP contribution is -2.36. The summed E-state index contributed by atoms with van der Waals surface area (Å²) in [4.78, 5) is 21.2. The fraction of sp³-hybridized carbons (Fsp3) is 0.273. The van der Waals surface area contributed by atoms with Crippen molar-refractivity contribution in [3.63, 3.8) is 0 Å². The first-order chi connectivity index (χ1) is 16.5. The van der Waals surface area contributed by atoms with Crippen molar-refractivity contribution in [3.05, 3.63) is 47.8 Å². The lowest BCUT2D eigenvalue weighted by molar-refractivity contribution is 0.122. The van der Waals surface area contributed by atoms with E-state index in [1.54, 1.807) is 23.7 Å². The first kappa shape index (κ1) is 22.3. The summed E-state index contributed by atoms with van der Waals surface area (Å²) >= 11 is 1.63. The van der Waals surface area contributed by atoms with Crippen molar-refractivity contribution in [2.45, 2.75) is 13.5 Å². The van der Waals surface area contributed by atoms with E-state index in [4.69, 9.17) is 20.4 Å². The van der Waals surface area contributed by atoms with Crippen molar-refractivity contribution in [2.75, 3.05) is 36.9 Å². The van der Waals surface area contributed by atoms with Gasteiger partial charge in [-0.2, -0.15) is 12.8 Å². The van der Waals surface area contributed by atoms with Crippen LogP contribution in [0.15, 0.2) is 41.0 Å². The quantitative estimate of drug-likeness (QED) is 0.443. The molecule has 0 aliphatic carbocycles. The smallest absolute Gasteiger partial charge is 0.311 e. The van der Waals surface area contributed by atoms with Gasteiger partial charge in [-0.25, -0.2) is 19.9 Å². The molecule has 34 heavy (non-hydrogen) atoms. The molecule has 1 aliphatic heterocycles. The fourth-order valence-electron chi connectivity index (χ4n) is 3.86. The van der Waals surface area contributed by atoms with Gasteiger partial charge in [-0.3, -0.25) is 0 Å². The average Bonchev–Trinajstić information content (AvgIpc) is 3.20. The van der Waals surface area contributed by atoms with E-state index in [-0.39, 0.29) is 12.5 Å². The summed E-state index contributed by atoms with van der Waals surface area (Å²) in [7, 11) is -2.44. The average molecular weight is 496 g/mol. The van der Waals surface area contributed by atoms with E-state index >= 15 is 0 Å². The molecule has 1 saturated heterocycles. The highest BCUT2D eigenvalue weighted by atomic mass is 32.2. The number of hydrogen-bond acceptors (Lipinski definition) is 11. The van der Waals surface area contributed by atoms with E-state index in [0.29, 0.717) is 24.6 Å². The Kier molecular flexibility index (Phi) is 6.18. The van der Waals surface area contributed by atoms with E-state index in [9.17, 15) is 8.42 Å². The van der Waals surface area contributed by atoms with Crippen LogP contribution in [-0.2, 0) is 21.8 Å². The monoisotopic (exact) mass is 495 g/mol. The summed E-state index contributed by atoms with van der Waals surface area (Å²) in [5.74, 6) is 1.58. The molecule has 0 atom stereocenters. The molecule has 4 heterocycles. The van der Waals surface area contributed by atoms with Crippen LogP contribution in [0.5, 0.6) is 0 Å². The molecule has 5 rings (SSSR count). The third-order valence-corrected chi connectivity index (χ3v) is 7.20. The number of morpholine rings is 1. The second-order valence-electron chi connectivity index (χ2n) is 7.74. The maximum Gasteiger partial charge on any atom is 0.311 e. The number of ether oxygens (including phenoxy) is 1. The largest absolute Gasteiger partial charge is 0.378 e. The molecule has 3 aromatic heterocycles. The number of hydrogen-bond donors (Lipinski definition) is 1. The van der Waals surface area contributed by atoms with Crippen LogP contribution in [0.1, 0.15) is 11.1 Å². The number of rotatable bonds is 5. The predicted octanol–water partition coefficient (Wildman–Crippen LogP) is 3.11. The highest BCUT2D eigenvalue weighted by Crippen LogP contribution is 2.42. The van der Waals surface area contributed by atoms with Gasteiger partial charge in [0.25, 0.3) is 0 Å². The number of thiophene rings is 1. The van der Waals surface area contributed by atoms with Crippen molar-refractivity contribution in [3.8, 4) is 21.8 Å². The minimum Gasteiger partial charge on any atom is -0.378 e. The van der Waals surface area contributed by atoms with Crippen LogP contribution in [0.2, 0.25) is 0 Å². The van der Waals surface area contributed by atoms with Gasteiger partial charge in [0.1, 0.15) is 0 Å². The Bertz CT molecular complexity index is 1490. The number of fused-ring (bicyclic) bond motifs is 1. The molecule has 12 heteroatoms. The maximum absolute atomic E-state index is 10.8. The molecule has 10 nitrogen and oxygen atoms in total. The molecule has 0 saturated carbocycles. The molecule has 1 aliphatic rings. The molecule has 0 radical (unpaired) electrons. The highest BCUT2D eigenvalue weighted by Gasteiger charge is 2.23. The van der Waals surface area contributed by atoms with Gasteiger partial charge in [0.05, 0.1) is 35.5 Å². The summed E-state index contributed by atoms with van der Waals surface area (Å²) in [5.41, 5.74) is 10.0. The van der Waals surface area contributed by atoms with Gasteiger partial charge in [-0.1, -0.05) is 18.2 Å². The number of anilines is 2. The zero-order valence-electron chi connectivity index (χ0n) is 18.3. The number of aromatic nitrogens is 4. The number of nitrogens with zero attached hydrogens (tertiary/aromatic N) is 6. The summed E-state index contributed by atoms with van der Waals surface area (Å²) in [6.07, 6.45) is 3.25. The van der Waals surface area contributed by atoms with E-state index in [1.807, 2.05) is 31.2 Å². The Morgan fingerprint density at radius 2 is 1.91 bits per heavy atom. The van der Waals surface area contributed by atoms with Crippen LogP contribution in [0.4, 0.5) is 11.8 Å². The first-order valence-electron chi connectivity index (χ1n) is 10.6. The van der Waals surface area contributed by atoms with Crippen LogP contribution in [-0.4, -0.2) is 54.7 Å². The Morgan fingerprint density at radius 1 is 1.15 bits per heavy atom. The lowest BCUT2D eigenvalue weighted by Gasteiger charge is -2.28. The Labute approximate surface area is 201 Å². The molecule has 0 unspecified atom stereocenters. The van der Waals surface area contributed by atoms with Crippen LogP contribution < -0.4 is 10.6 Å². The molecule has 0 spiro atoms. The van der Waals surface area contributed by atoms with Gasteiger partial charge in [-0.15, -0.1) is 11.3 Å². The van der Waals surface area contributed by atoms with Crippen molar-refractivity contribution >= 4 is 43.8 Å². The van der Waals surface area contributed by atoms with Gasteiger partial charge < -0.3 is 15.4 Å². The SMILES string of the molecule is Cc1c(-c2cccc(CN=S(=O)=O)c2)sc2c(N3CCOCC3)nc(-c3cnc(N)nc3)nc12. The first-order valence-corrected chi connectivity index (χ1v) is 12.4. The maximum atomic E-state index is 10.8. The van der Waals surface area contributed by atoms with Gasteiger partial charge in [0.15, 0.2) is 11.6 Å². The van der Waals surface area contributed by atoms with Gasteiger partial charge >= 0.3 is 10.5 Å². The van der Waals surface area contributed by atoms with E-state index in [0.717, 1.165) is 50.7 Å². The van der Waals surface area contributed by atoms with Gasteiger partial charge in [-0.05, 0) is 29.7 Å². The second kappa shape index (κ2) is 9.41. The summed E-state index contributed by atoms with van der Waals surface area (Å²) < 4.78 is 31.8. The molecule has 2 N–H and O–H groups in total. The van der Waals surface area contributed by atoms with Crippen LogP contribution in [0.3, 0.4) is 0 Å². The third-order valence-electron chi connectivity index (χ3n) is 5.53. The Balaban J connectivity index is 1.67. The number of nitrogen functional groups attached to an aromatic ring is 1. The topological polar surface area (TPSA) is 137 Å². The Morgan fingerprint density at radius 3 is 2.65 bits per heavy atom. The molecule has 0 amide bonds. The van der Waals surface area contributed by atoms with Gasteiger partial charge in [0, 0.05) is 30.4 Å². The molecule has 174 valence electrons. The van der Waals surface area contributed by atoms with Crippen molar-refractivity contribution < 1.29 is 13.2 Å². The summed E-state index contributed by atoms with van der Waals surface area (Å²) in [6, 6.07) is 7.74. The second-order valence-corrected chi connectivity index (χ2v) is 9.45. The molecule has 0 bridgehead atoms. The van der Waals surface area contributed by atoms with Gasteiger partial charge in [0.2, 0.25) is 5.95 Å². The zero-order chi connectivity index (χ0) is 23.7. The van der Waals surface area contributed by atoms with Crippen molar-refractivity contribution in [2.24, 2.45) is 4.36 Å². The highest BCUT2D eigenvalue weighted by molar-refractivity contribution is 7.61. The molecular weight excluding hydrogens is 474 g/mol. The number of nitrogens with two attached hydrogens (primary N) is 1.